The highest BCUT2D eigenvalue weighted by Crippen LogP contribution is 2.21. The number of rotatable bonds is 3. The predicted octanol–water partition coefficient (Wildman–Crippen LogP) is 2.39. The Bertz CT molecular complexity index is 511. The number of hydrogen-bond donors (Lipinski definition) is 1. The van der Waals surface area contributed by atoms with E-state index in [-0.39, 0.29) is 5.41 Å². The molecule has 0 saturated heterocycles. The molecule has 0 spiro atoms. The van der Waals surface area contributed by atoms with Gasteiger partial charge in [0.05, 0.1) is 0 Å². The first kappa shape index (κ1) is 12.5. The molecule has 0 bridgehead atoms. The van der Waals surface area contributed by atoms with Crippen molar-refractivity contribution >= 4 is 5.82 Å². The zero-order chi connectivity index (χ0) is 13.2. The van der Waals surface area contributed by atoms with Gasteiger partial charge in [-0.05, 0) is 6.92 Å². The SMILES string of the molecule is CCNc1cc(-n2ccnc2)nc(C(C)(C)C)n1. The van der Waals surface area contributed by atoms with Crippen LogP contribution in [0.5, 0.6) is 0 Å². The molecular formula is C13H19N5. The smallest absolute Gasteiger partial charge is 0.143 e. The van der Waals surface area contributed by atoms with Crippen LogP contribution >= 0.6 is 0 Å². The van der Waals surface area contributed by atoms with E-state index >= 15 is 0 Å². The number of hydrogen-bond acceptors (Lipinski definition) is 4. The summed E-state index contributed by atoms with van der Waals surface area (Å²) in [7, 11) is 0. The van der Waals surface area contributed by atoms with Gasteiger partial charge in [-0.25, -0.2) is 15.0 Å². The molecule has 0 radical (unpaired) electrons. The summed E-state index contributed by atoms with van der Waals surface area (Å²) in [5.41, 5.74) is -0.0826. The Hall–Kier alpha value is -1.91. The van der Waals surface area contributed by atoms with Crippen molar-refractivity contribution < 1.29 is 0 Å². The second-order valence-electron chi connectivity index (χ2n) is 5.19. The van der Waals surface area contributed by atoms with Crippen LogP contribution < -0.4 is 5.32 Å². The van der Waals surface area contributed by atoms with Crippen molar-refractivity contribution in [2.24, 2.45) is 0 Å². The average Bonchev–Trinajstić information content (AvgIpc) is 2.81. The van der Waals surface area contributed by atoms with Gasteiger partial charge in [0.2, 0.25) is 0 Å². The third kappa shape index (κ3) is 2.67. The molecule has 0 aromatic carbocycles. The zero-order valence-corrected chi connectivity index (χ0v) is 11.3. The highest BCUT2D eigenvalue weighted by molar-refractivity contribution is 5.42. The summed E-state index contributed by atoms with van der Waals surface area (Å²) in [6, 6.07) is 1.93. The average molecular weight is 245 g/mol. The number of nitrogens with zero attached hydrogens (tertiary/aromatic N) is 4. The van der Waals surface area contributed by atoms with Gasteiger partial charge in [0.15, 0.2) is 0 Å². The molecule has 2 heterocycles. The van der Waals surface area contributed by atoms with E-state index in [4.69, 9.17) is 0 Å². The Balaban J connectivity index is 2.50. The standard InChI is InChI=1S/C13H19N5/c1-5-15-10-8-11(18-7-6-14-9-18)17-12(16-10)13(2,3)4/h6-9H,5H2,1-4H3,(H,15,16,17). The van der Waals surface area contributed by atoms with Gasteiger partial charge in [0, 0.05) is 30.4 Å². The molecular weight excluding hydrogens is 226 g/mol. The molecule has 5 nitrogen and oxygen atoms in total. The Labute approximate surface area is 107 Å². The van der Waals surface area contributed by atoms with Gasteiger partial charge in [-0.15, -0.1) is 0 Å². The summed E-state index contributed by atoms with van der Waals surface area (Å²) >= 11 is 0. The molecule has 0 saturated carbocycles. The summed E-state index contributed by atoms with van der Waals surface area (Å²) in [5.74, 6) is 2.51. The van der Waals surface area contributed by atoms with Crippen LogP contribution in [0.25, 0.3) is 5.82 Å². The first-order valence-corrected chi connectivity index (χ1v) is 6.12. The van der Waals surface area contributed by atoms with E-state index in [1.165, 1.54) is 0 Å². The largest absolute Gasteiger partial charge is 0.370 e. The lowest BCUT2D eigenvalue weighted by Crippen LogP contribution is -2.18. The Kier molecular flexibility index (Phi) is 3.32. The predicted molar refractivity (Wildman–Crippen MR) is 72.0 cm³/mol. The molecule has 0 unspecified atom stereocenters. The van der Waals surface area contributed by atoms with Crippen molar-refractivity contribution in [1.82, 2.24) is 19.5 Å². The van der Waals surface area contributed by atoms with E-state index in [1.54, 1.807) is 12.5 Å². The third-order valence-corrected chi connectivity index (χ3v) is 2.51. The van der Waals surface area contributed by atoms with Crippen molar-refractivity contribution in [3.63, 3.8) is 0 Å². The van der Waals surface area contributed by atoms with E-state index in [0.717, 1.165) is 24.0 Å². The van der Waals surface area contributed by atoms with Crippen LogP contribution in [0.3, 0.4) is 0 Å². The molecule has 0 atom stereocenters. The minimum Gasteiger partial charge on any atom is -0.370 e. The molecule has 2 aromatic heterocycles. The second kappa shape index (κ2) is 4.76. The fourth-order valence-electron chi connectivity index (χ4n) is 1.57. The highest BCUT2D eigenvalue weighted by atomic mass is 15.1. The van der Waals surface area contributed by atoms with E-state index < -0.39 is 0 Å². The molecule has 96 valence electrons. The van der Waals surface area contributed by atoms with Crippen molar-refractivity contribution in [3.8, 4) is 5.82 Å². The minimum atomic E-state index is -0.0826. The number of anilines is 1. The Morgan fingerprint density at radius 3 is 2.61 bits per heavy atom. The van der Waals surface area contributed by atoms with Crippen LogP contribution in [0, 0.1) is 0 Å². The quantitative estimate of drug-likeness (QED) is 0.902. The van der Waals surface area contributed by atoms with Crippen molar-refractivity contribution in [2.75, 3.05) is 11.9 Å². The van der Waals surface area contributed by atoms with Crippen LogP contribution in [-0.2, 0) is 5.41 Å². The van der Waals surface area contributed by atoms with Crippen LogP contribution in [0.15, 0.2) is 24.8 Å². The van der Waals surface area contributed by atoms with E-state index in [2.05, 4.69) is 48.0 Å². The highest BCUT2D eigenvalue weighted by Gasteiger charge is 2.19. The lowest BCUT2D eigenvalue weighted by molar-refractivity contribution is 0.544. The molecule has 5 heteroatoms. The number of imidazole rings is 1. The molecule has 18 heavy (non-hydrogen) atoms. The van der Waals surface area contributed by atoms with Gasteiger partial charge in [-0.3, -0.25) is 4.57 Å². The van der Waals surface area contributed by atoms with E-state index in [9.17, 15) is 0 Å². The fourth-order valence-corrected chi connectivity index (χ4v) is 1.57. The van der Waals surface area contributed by atoms with Crippen LogP contribution in [0.4, 0.5) is 5.82 Å². The molecule has 0 fully saturated rings. The van der Waals surface area contributed by atoms with Crippen molar-refractivity contribution in [2.45, 2.75) is 33.1 Å². The van der Waals surface area contributed by atoms with Crippen LogP contribution in [0.1, 0.15) is 33.5 Å². The fraction of sp³-hybridized carbons (Fsp3) is 0.462. The molecule has 1 N–H and O–H groups in total. The van der Waals surface area contributed by atoms with Gasteiger partial charge in [-0.2, -0.15) is 0 Å². The summed E-state index contributed by atoms with van der Waals surface area (Å²) in [6.07, 6.45) is 5.36. The molecule has 2 aromatic rings. The van der Waals surface area contributed by atoms with Crippen molar-refractivity contribution in [3.05, 3.63) is 30.6 Å². The molecule has 0 aliphatic heterocycles. The maximum atomic E-state index is 4.60. The maximum absolute atomic E-state index is 4.60. The van der Waals surface area contributed by atoms with E-state index in [1.807, 2.05) is 16.8 Å². The summed E-state index contributed by atoms with van der Waals surface area (Å²) in [5, 5.41) is 3.24. The minimum absolute atomic E-state index is 0.0826. The number of nitrogens with one attached hydrogen (secondary N) is 1. The lowest BCUT2D eigenvalue weighted by atomic mass is 9.96. The molecule has 0 amide bonds. The topological polar surface area (TPSA) is 55.6 Å². The second-order valence-corrected chi connectivity index (χ2v) is 5.19. The maximum Gasteiger partial charge on any atom is 0.143 e. The first-order valence-electron chi connectivity index (χ1n) is 6.12. The summed E-state index contributed by atoms with van der Waals surface area (Å²) in [6.45, 7) is 9.21. The van der Waals surface area contributed by atoms with Gasteiger partial charge in [0.25, 0.3) is 0 Å². The summed E-state index contributed by atoms with van der Waals surface area (Å²) in [4.78, 5) is 13.2. The third-order valence-electron chi connectivity index (χ3n) is 2.51. The zero-order valence-electron chi connectivity index (χ0n) is 11.3. The normalized spacial score (nSPS) is 11.6. The van der Waals surface area contributed by atoms with Gasteiger partial charge >= 0.3 is 0 Å². The summed E-state index contributed by atoms with van der Waals surface area (Å²) < 4.78 is 1.89. The molecule has 2 rings (SSSR count). The van der Waals surface area contributed by atoms with Crippen LogP contribution in [0.2, 0.25) is 0 Å². The monoisotopic (exact) mass is 245 g/mol. The molecule has 0 aliphatic carbocycles. The number of aromatic nitrogens is 4. The lowest BCUT2D eigenvalue weighted by Gasteiger charge is -2.18. The van der Waals surface area contributed by atoms with Gasteiger partial charge in [0.1, 0.15) is 23.8 Å². The van der Waals surface area contributed by atoms with Crippen LogP contribution in [-0.4, -0.2) is 26.1 Å². The first-order chi connectivity index (χ1) is 8.50. The molecule has 0 aliphatic rings. The Morgan fingerprint density at radius 1 is 1.28 bits per heavy atom. The van der Waals surface area contributed by atoms with Gasteiger partial charge < -0.3 is 5.32 Å². The van der Waals surface area contributed by atoms with Crippen molar-refractivity contribution in [1.29, 1.82) is 0 Å². The van der Waals surface area contributed by atoms with Gasteiger partial charge in [-0.1, -0.05) is 20.8 Å². The Morgan fingerprint density at radius 2 is 2.06 bits per heavy atom. The van der Waals surface area contributed by atoms with E-state index in [0.29, 0.717) is 0 Å².